The summed E-state index contributed by atoms with van der Waals surface area (Å²) in [6, 6.07) is 21.8. The van der Waals surface area contributed by atoms with Crippen LogP contribution in [0, 0.1) is 5.41 Å². The first-order valence-electron chi connectivity index (χ1n) is 17.9. The quantitative estimate of drug-likeness (QED) is 0.185. The Kier molecular flexibility index (Phi) is 8.95. The lowest BCUT2D eigenvalue weighted by molar-refractivity contribution is -0.131. The summed E-state index contributed by atoms with van der Waals surface area (Å²) in [6.45, 7) is 5.70. The number of hydrogen-bond donors (Lipinski definition) is 2. The Bertz CT molecular complexity index is 1920. The summed E-state index contributed by atoms with van der Waals surface area (Å²) in [7, 11) is 0. The van der Waals surface area contributed by atoms with Gasteiger partial charge in [-0.2, -0.15) is 0 Å². The zero-order chi connectivity index (χ0) is 34.2. The third kappa shape index (κ3) is 6.68. The number of Topliss-reactive ketones (excluding diaryl/α,β-unsaturated/α-hetero) is 1. The molecule has 2 aliphatic carbocycles. The molecular formula is C42H46N2O5. The number of carbonyl (C=O) groups is 3. The number of benzene rings is 3. The zero-order valence-corrected chi connectivity index (χ0v) is 28.6. The highest BCUT2D eigenvalue weighted by Crippen LogP contribution is 2.47. The Morgan fingerprint density at radius 3 is 2.41 bits per heavy atom. The molecule has 0 saturated heterocycles. The van der Waals surface area contributed by atoms with E-state index in [1.165, 1.54) is 54.8 Å². The molecule has 1 aliphatic heterocycles. The van der Waals surface area contributed by atoms with Crippen molar-refractivity contribution in [3.8, 4) is 17.0 Å². The van der Waals surface area contributed by atoms with E-state index in [0.717, 1.165) is 46.9 Å². The van der Waals surface area contributed by atoms with Crippen LogP contribution in [0.3, 0.4) is 0 Å². The van der Waals surface area contributed by atoms with Gasteiger partial charge >= 0.3 is 5.97 Å². The van der Waals surface area contributed by atoms with Crippen LogP contribution in [-0.2, 0) is 22.6 Å². The molecule has 0 atom stereocenters. The number of nitrogens with zero attached hydrogens (tertiary/aromatic N) is 1. The molecule has 3 aliphatic rings. The van der Waals surface area contributed by atoms with Crippen molar-refractivity contribution in [2.75, 3.05) is 6.61 Å². The molecule has 1 aromatic heterocycles. The van der Waals surface area contributed by atoms with E-state index in [1.807, 2.05) is 42.5 Å². The number of ketones is 1. The fourth-order valence-corrected chi connectivity index (χ4v) is 8.26. The Labute approximate surface area is 288 Å². The third-order valence-corrected chi connectivity index (χ3v) is 11.2. The highest BCUT2D eigenvalue weighted by atomic mass is 16.5. The van der Waals surface area contributed by atoms with Gasteiger partial charge in [-0.1, -0.05) is 75.6 Å². The first-order chi connectivity index (χ1) is 23.6. The van der Waals surface area contributed by atoms with Crippen LogP contribution >= 0.6 is 0 Å². The average molecular weight is 659 g/mol. The second-order valence-corrected chi connectivity index (χ2v) is 15.0. The highest BCUT2D eigenvalue weighted by Gasteiger charge is 2.44. The minimum absolute atomic E-state index is 0.0103. The maximum atomic E-state index is 14.2. The van der Waals surface area contributed by atoms with E-state index in [4.69, 9.17) is 9.84 Å². The number of para-hydroxylation sites is 1. The van der Waals surface area contributed by atoms with Crippen LogP contribution in [0.1, 0.15) is 105 Å². The Balaban J connectivity index is 1.22. The van der Waals surface area contributed by atoms with Gasteiger partial charge in [-0.25, -0.2) is 4.79 Å². The van der Waals surface area contributed by atoms with Gasteiger partial charge in [0.1, 0.15) is 12.4 Å². The first kappa shape index (κ1) is 32.9. The van der Waals surface area contributed by atoms with Crippen LogP contribution in [0.4, 0.5) is 0 Å². The van der Waals surface area contributed by atoms with E-state index in [1.54, 1.807) is 0 Å². The number of nitrogens with one attached hydrogen (secondary N) is 1. The average Bonchev–Trinajstić information content (AvgIpc) is 3.30. The van der Waals surface area contributed by atoms with Crippen LogP contribution in [-0.4, -0.2) is 39.5 Å². The predicted molar refractivity (Wildman–Crippen MR) is 193 cm³/mol. The van der Waals surface area contributed by atoms with Gasteiger partial charge in [-0.05, 0) is 96.9 Å². The monoisotopic (exact) mass is 658 g/mol. The third-order valence-electron chi connectivity index (χ3n) is 11.2. The van der Waals surface area contributed by atoms with E-state index < -0.39 is 11.5 Å². The smallest absolute Gasteiger partial charge is 0.328 e. The van der Waals surface area contributed by atoms with Crippen molar-refractivity contribution in [2.24, 2.45) is 5.41 Å². The summed E-state index contributed by atoms with van der Waals surface area (Å²) in [5.41, 5.74) is 6.06. The largest absolute Gasteiger partial charge is 0.491 e. The standard InChI is InChI=1S/C42H46N2O5/c1-41(2)20-22-42(23-21-41,36(45)26-29-14-12-28(13-15-29)16-19-37(46)47)43-40(48)31-17-18-32-34(27-31)44-24-25-49-35-11-7-6-10-33(35)39(44)38(32)30-8-4-3-5-9-30/h6-7,10-19,27,30H,3-5,8-9,20-26H2,1-2H3,(H,43,48)(H,46,47)/b19-16+. The maximum absolute atomic E-state index is 14.2. The second-order valence-electron chi connectivity index (χ2n) is 15.0. The summed E-state index contributed by atoms with van der Waals surface area (Å²) >= 11 is 0. The van der Waals surface area contributed by atoms with Crippen molar-refractivity contribution >= 4 is 34.6 Å². The van der Waals surface area contributed by atoms with Crippen molar-refractivity contribution in [3.05, 3.63) is 95.1 Å². The van der Waals surface area contributed by atoms with Gasteiger partial charge < -0.3 is 19.7 Å². The van der Waals surface area contributed by atoms with Gasteiger partial charge in [0.15, 0.2) is 5.78 Å². The fourth-order valence-electron chi connectivity index (χ4n) is 8.26. The van der Waals surface area contributed by atoms with E-state index >= 15 is 0 Å². The van der Waals surface area contributed by atoms with Crippen LogP contribution in [0.15, 0.2) is 72.8 Å². The topological polar surface area (TPSA) is 97.6 Å². The normalized spacial score (nSPS) is 18.7. The molecule has 0 bridgehead atoms. The van der Waals surface area contributed by atoms with Crippen molar-refractivity contribution in [2.45, 2.75) is 96.1 Å². The van der Waals surface area contributed by atoms with Gasteiger partial charge in [0.2, 0.25) is 0 Å². The van der Waals surface area contributed by atoms with E-state index in [0.29, 0.717) is 37.5 Å². The molecule has 2 saturated carbocycles. The number of aliphatic carboxylic acids is 1. The molecule has 2 fully saturated rings. The van der Waals surface area contributed by atoms with Crippen molar-refractivity contribution in [1.29, 1.82) is 0 Å². The number of aromatic nitrogens is 1. The van der Waals surface area contributed by atoms with Crippen LogP contribution in [0.2, 0.25) is 0 Å². The molecule has 49 heavy (non-hydrogen) atoms. The molecule has 3 aromatic carbocycles. The molecule has 4 aromatic rings. The Hall–Kier alpha value is -4.65. The minimum Gasteiger partial charge on any atom is -0.491 e. The summed E-state index contributed by atoms with van der Waals surface area (Å²) in [5.74, 6) is 0.158. The molecule has 0 radical (unpaired) electrons. The Morgan fingerprint density at radius 1 is 0.939 bits per heavy atom. The highest BCUT2D eigenvalue weighted by molar-refractivity contribution is 6.04. The van der Waals surface area contributed by atoms with Crippen LogP contribution < -0.4 is 10.1 Å². The molecule has 1 amide bonds. The number of rotatable bonds is 8. The summed E-state index contributed by atoms with van der Waals surface area (Å²) < 4.78 is 8.59. The second kappa shape index (κ2) is 13.3. The molecule has 254 valence electrons. The zero-order valence-electron chi connectivity index (χ0n) is 28.6. The molecule has 2 heterocycles. The Morgan fingerprint density at radius 2 is 1.67 bits per heavy atom. The molecule has 0 spiro atoms. The number of carbonyl (C=O) groups excluding carboxylic acids is 2. The van der Waals surface area contributed by atoms with Gasteiger partial charge in [0.05, 0.1) is 17.8 Å². The van der Waals surface area contributed by atoms with E-state index in [-0.39, 0.29) is 23.5 Å². The van der Waals surface area contributed by atoms with Crippen LogP contribution in [0.25, 0.3) is 28.2 Å². The molecular weight excluding hydrogens is 612 g/mol. The summed E-state index contributed by atoms with van der Waals surface area (Å²) in [4.78, 5) is 39.3. The van der Waals surface area contributed by atoms with Gasteiger partial charge in [-0.15, -0.1) is 0 Å². The maximum Gasteiger partial charge on any atom is 0.328 e. The van der Waals surface area contributed by atoms with Gasteiger partial charge in [0, 0.05) is 34.5 Å². The number of fused-ring (bicyclic) bond motifs is 5. The molecule has 7 nitrogen and oxygen atoms in total. The summed E-state index contributed by atoms with van der Waals surface area (Å²) in [5, 5.41) is 13.5. The van der Waals surface area contributed by atoms with Gasteiger partial charge in [0.25, 0.3) is 5.91 Å². The summed E-state index contributed by atoms with van der Waals surface area (Å²) in [6.07, 6.45) is 11.8. The van der Waals surface area contributed by atoms with E-state index in [9.17, 15) is 14.4 Å². The molecule has 7 rings (SSSR count). The molecule has 0 unspecified atom stereocenters. The molecule has 7 heteroatoms. The van der Waals surface area contributed by atoms with E-state index in [2.05, 4.69) is 48.0 Å². The lowest BCUT2D eigenvalue weighted by Gasteiger charge is -2.43. The lowest BCUT2D eigenvalue weighted by Crippen LogP contribution is -2.57. The van der Waals surface area contributed by atoms with Crippen molar-refractivity contribution in [1.82, 2.24) is 9.88 Å². The fraction of sp³-hybridized carbons (Fsp3) is 0.405. The van der Waals surface area contributed by atoms with Crippen molar-refractivity contribution < 1.29 is 24.2 Å². The number of ether oxygens (including phenoxy) is 1. The number of amides is 1. The predicted octanol–water partition coefficient (Wildman–Crippen LogP) is 8.73. The number of carboxylic acid groups (broad SMARTS) is 1. The molecule has 2 N–H and O–H groups in total. The van der Waals surface area contributed by atoms with Crippen molar-refractivity contribution in [3.63, 3.8) is 0 Å². The SMILES string of the molecule is CC1(C)CCC(NC(=O)c2ccc3c(C4CCCCC4)c4n(c3c2)CCOc2ccccc2-4)(C(=O)Cc2ccc(/C=C/C(=O)O)cc2)CC1. The number of carboxylic acids is 1. The lowest BCUT2D eigenvalue weighted by atomic mass is 9.67. The van der Waals surface area contributed by atoms with Gasteiger partial charge in [-0.3, -0.25) is 9.59 Å². The first-order valence-corrected chi connectivity index (χ1v) is 17.9. The minimum atomic E-state index is -1.01. The number of hydrogen-bond acceptors (Lipinski definition) is 4. The van der Waals surface area contributed by atoms with Crippen LogP contribution in [0.5, 0.6) is 5.75 Å².